The van der Waals surface area contributed by atoms with Crippen LogP contribution >= 0.6 is 0 Å². The van der Waals surface area contributed by atoms with E-state index in [0.717, 1.165) is 27.7 Å². The van der Waals surface area contributed by atoms with E-state index in [4.69, 9.17) is 0 Å². The highest BCUT2D eigenvalue weighted by Crippen LogP contribution is 2.26. The quantitative estimate of drug-likeness (QED) is 0.529. The smallest absolute Gasteiger partial charge is 0.318 e. The Hall–Kier alpha value is -3.34. The van der Waals surface area contributed by atoms with E-state index >= 15 is 0 Å². The van der Waals surface area contributed by atoms with Crippen LogP contribution in [0.5, 0.6) is 0 Å². The number of hydrogen-bond acceptors (Lipinski definition) is 2. The SMILES string of the molecule is Cc1cc(-c2ccc3c(c2)n(Cc2ccccc2)c(=O)n3C(C)C)cn(C)c1=O. The summed E-state index contributed by atoms with van der Waals surface area (Å²) in [5.41, 5.74) is 5.55. The van der Waals surface area contributed by atoms with Gasteiger partial charge in [0.2, 0.25) is 0 Å². The highest BCUT2D eigenvalue weighted by molar-refractivity contribution is 5.83. The first-order valence-electron chi connectivity index (χ1n) is 9.83. The van der Waals surface area contributed by atoms with Gasteiger partial charge in [-0.25, -0.2) is 4.79 Å². The van der Waals surface area contributed by atoms with E-state index in [0.29, 0.717) is 12.1 Å². The van der Waals surface area contributed by atoms with E-state index < -0.39 is 0 Å². The Morgan fingerprint density at radius 1 is 0.897 bits per heavy atom. The van der Waals surface area contributed by atoms with Crippen molar-refractivity contribution < 1.29 is 0 Å². The number of fused-ring (bicyclic) bond motifs is 1. The summed E-state index contributed by atoms with van der Waals surface area (Å²) in [5, 5.41) is 0. The number of aryl methyl sites for hydroxylation is 2. The standard InChI is InChI=1S/C24H25N3O2/c1-16(2)27-21-11-10-19(20-12-17(3)23(28)25(4)15-20)13-22(21)26(24(27)29)14-18-8-6-5-7-9-18/h5-13,15-16H,14H2,1-4H3. The lowest BCUT2D eigenvalue weighted by atomic mass is 10.1. The molecule has 29 heavy (non-hydrogen) atoms. The van der Waals surface area contributed by atoms with Crippen LogP contribution < -0.4 is 11.2 Å². The second-order valence-electron chi connectivity index (χ2n) is 7.85. The maximum atomic E-state index is 13.2. The van der Waals surface area contributed by atoms with Crippen molar-refractivity contribution in [1.82, 2.24) is 13.7 Å². The Morgan fingerprint density at radius 3 is 2.28 bits per heavy atom. The predicted molar refractivity (Wildman–Crippen MR) is 118 cm³/mol. The van der Waals surface area contributed by atoms with Crippen LogP contribution in [0.1, 0.15) is 31.0 Å². The Balaban J connectivity index is 1.94. The average molecular weight is 387 g/mol. The van der Waals surface area contributed by atoms with Gasteiger partial charge < -0.3 is 4.57 Å². The number of nitrogens with zero attached hydrogens (tertiary/aromatic N) is 3. The lowest BCUT2D eigenvalue weighted by Crippen LogP contribution is -2.25. The summed E-state index contributed by atoms with van der Waals surface area (Å²) in [7, 11) is 1.76. The van der Waals surface area contributed by atoms with Crippen molar-refractivity contribution in [2.24, 2.45) is 7.05 Å². The number of pyridine rings is 1. The van der Waals surface area contributed by atoms with E-state index in [1.165, 1.54) is 0 Å². The monoisotopic (exact) mass is 387 g/mol. The van der Waals surface area contributed by atoms with Crippen molar-refractivity contribution >= 4 is 11.0 Å². The maximum Gasteiger partial charge on any atom is 0.329 e. The van der Waals surface area contributed by atoms with Gasteiger partial charge in [0, 0.05) is 24.8 Å². The molecule has 0 amide bonds. The molecule has 0 saturated heterocycles. The first kappa shape index (κ1) is 19.0. The summed E-state index contributed by atoms with van der Waals surface area (Å²) < 4.78 is 5.28. The fraction of sp³-hybridized carbons (Fsp3) is 0.250. The van der Waals surface area contributed by atoms with Crippen LogP contribution in [-0.2, 0) is 13.6 Å². The molecule has 4 rings (SSSR count). The average Bonchev–Trinajstić information content (AvgIpc) is 2.97. The van der Waals surface area contributed by atoms with Crippen molar-refractivity contribution in [2.75, 3.05) is 0 Å². The first-order valence-corrected chi connectivity index (χ1v) is 9.83. The summed E-state index contributed by atoms with van der Waals surface area (Å²) in [6, 6.07) is 18.1. The number of rotatable bonds is 4. The van der Waals surface area contributed by atoms with E-state index in [1.54, 1.807) is 11.6 Å². The van der Waals surface area contributed by atoms with Crippen LogP contribution in [0.2, 0.25) is 0 Å². The van der Waals surface area contributed by atoms with Crippen molar-refractivity contribution in [3.05, 3.63) is 92.8 Å². The summed E-state index contributed by atoms with van der Waals surface area (Å²) in [4.78, 5) is 25.3. The summed E-state index contributed by atoms with van der Waals surface area (Å²) in [6.07, 6.45) is 1.84. The highest BCUT2D eigenvalue weighted by Gasteiger charge is 2.16. The zero-order valence-electron chi connectivity index (χ0n) is 17.2. The molecule has 0 aliphatic carbocycles. The van der Waals surface area contributed by atoms with Crippen molar-refractivity contribution in [3.8, 4) is 11.1 Å². The molecule has 2 aromatic carbocycles. The van der Waals surface area contributed by atoms with Crippen LogP contribution in [0.25, 0.3) is 22.2 Å². The van der Waals surface area contributed by atoms with Crippen LogP contribution in [0.15, 0.2) is 70.4 Å². The lowest BCUT2D eigenvalue weighted by Gasteiger charge is -2.09. The van der Waals surface area contributed by atoms with Crippen LogP contribution in [0.4, 0.5) is 0 Å². The number of imidazole rings is 1. The molecule has 148 valence electrons. The lowest BCUT2D eigenvalue weighted by molar-refractivity contribution is 0.575. The van der Waals surface area contributed by atoms with Gasteiger partial charge in [-0.05, 0) is 55.7 Å². The highest BCUT2D eigenvalue weighted by atomic mass is 16.2. The fourth-order valence-electron chi connectivity index (χ4n) is 3.91. The topological polar surface area (TPSA) is 48.9 Å². The number of hydrogen-bond donors (Lipinski definition) is 0. The maximum absolute atomic E-state index is 13.2. The number of aromatic nitrogens is 3. The van der Waals surface area contributed by atoms with E-state index in [-0.39, 0.29) is 17.3 Å². The minimum absolute atomic E-state index is 0.00164. The van der Waals surface area contributed by atoms with Crippen molar-refractivity contribution in [1.29, 1.82) is 0 Å². The van der Waals surface area contributed by atoms with Crippen LogP contribution in [-0.4, -0.2) is 13.7 Å². The largest absolute Gasteiger partial charge is 0.329 e. The third-order valence-corrected chi connectivity index (χ3v) is 5.36. The predicted octanol–water partition coefficient (Wildman–Crippen LogP) is 4.11. The molecule has 2 heterocycles. The summed E-state index contributed by atoms with van der Waals surface area (Å²) in [5.74, 6) is 0. The molecule has 0 unspecified atom stereocenters. The van der Waals surface area contributed by atoms with Crippen molar-refractivity contribution in [3.63, 3.8) is 0 Å². The van der Waals surface area contributed by atoms with E-state index in [2.05, 4.69) is 6.07 Å². The van der Waals surface area contributed by atoms with Gasteiger partial charge in [-0.15, -0.1) is 0 Å². The molecule has 4 aromatic rings. The van der Waals surface area contributed by atoms with Gasteiger partial charge in [-0.2, -0.15) is 0 Å². The zero-order chi connectivity index (χ0) is 20.7. The van der Waals surface area contributed by atoms with Gasteiger partial charge >= 0.3 is 5.69 Å². The third kappa shape index (κ3) is 3.33. The molecule has 0 aliphatic rings. The van der Waals surface area contributed by atoms with Crippen LogP contribution in [0.3, 0.4) is 0 Å². The first-order chi connectivity index (χ1) is 13.9. The molecule has 0 radical (unpaired) electrons. The Kier molecular flexibility index (Phi) is 4.74. The van der Waals surface area contributed by atoms with Crippen molar-refractivity contribution in [2.45, 2.75) is 33.4 Å². The number of benzene rings is 2. The molecule has 5 nitrogen and oxygen atoms in total. The molecule has 0 spiro atoms. The fourth-order valence-corrected chi connectivity index (χ4v) is 3.91. The van der Waals surface area contributed by atoms with Gasteiger partial charge in [-0.3, -0.25) is 13.9 Å². The molecular weight excluding hydrogens is 362 g/mol. The Morgan fingerprint density at radius 2 is 1.62 bits per heavy atom. The molecule has 0 atom stereocenters. The second kappa shape index (κ2) is 7.24. The third-order valence-electron chi connectivity index (χ3n) is 5.36. The van der Waals surface area contributed by atoms with E-state index in [9.17, 15) is 9.59 Å². The molecule has 0 bridgehead atoms. The molecular formula is C24H25N3O2. The zero-order valence-corrected chi connectivity index (χ0v) is 17.2. The molecule has 0 saturated carbocycles. The van der Waals surface area contributed by atoms with Gasteiger partial charge in [0.15, 0.2) is 0 Å². The molecule has 0 aliphatic heterocycles. The van der Waals surface area contributed by atoms with E-state index in [1.807, 2.05) is 84.6 Å². The van der Waals surface area contributed by atoms with Gasteiger partial charge in [0.1, 0.15) is 0 Å². The van der Waals surface area contributed by atoms with Gasteiger partial charge in [-0.1, -0.05) is 36.4 Å². The minimum atomic E-state index is -0.00681. The molecule has 0 fully saturated rings. The summed E-state index contributed by atoms with van der Waals surface area (Å²) in [6.45, 7) is 6.40. The normalized spacial score (nSPS) is 11.5. The van der Waals surface area contributed by atoms with Gasteiger partial charge in [0.25, 0.3) is 5.56 Å². The Labute approximate surface area is 169 Å². The molecule has 0 N–H and O–H groups in total. The van der Waals surface area contributed by atoms with Crippen LogP contribution in [0, 0.1) is 6.92 Å². The van der Waals surface area contributed by atoms with Gasteiger partial charge in [0.05, 0.1) is 17.6 Å². The second-order valence-corrected chi connectivity index (χ2v) is 7.85. The minimum Gasteiger partial charge on any atom is -0.318 e. The molecule has 2 aromatic heterocycles. The molecule has 5 heteroatoms. The Bertz CT molecular complexity index is 1280. The summed E-state index contributed by atoms with van der Waals surface area (Å²) >= 11 is 0.